The molecule has 0 bridgehead atoms. The lowest BCUT2D eigenvalue weighted by Gasteiger charge is -2.09. The molecule has 3 rings (SSSR count). The summed E-state index contributed by atoms with van der Waals surface area (Å²) in [5.41, 5.74) is 3.07. The van der Waals surface area contributed by atoms with Crippen molar-refractivity contribution in [3.05, 3.63) is 42.1 Å². The minimum atomic E-state index is 0.277. The van der Waals surface area contributed by atoms with E-state index in [4.69, 9.17) is 0 Å². The van der Waals surface area contributed by atoms with Crippen molar-refractivity contribution in [2.45, 2.75) is 13.0 Å². The number of phenols is 1. The molecule has 0 amide bonds. The van der Waals surface area contributed by atoms with Crippen LogP contribution in [0.3, 0.4) is 0 Å². The molecular weight excluding hydrogens is 266 g/mol. The van der Waals surface area contributed by atoms with Crippen molar-refractivity contribution in [1.29, 1.82) is 0 Å². The van der Waals surface area contributed by atoms with E-state index in [0.29, 0.717) is 6.54 Å². The molecule has 3 aromatic rings. The van der Waals surface area contributed by atoms with Gasteiger partial charge in [-0.05, 0) is 32.1 Å². The third-order valence-corrected chi connectivity index (χ3v) is 3.59. The summed E-state index contributed by atoms with van der Waals surface area (Å²) in [5.74, 6) is 0.277. The van der Waals surface area contributed by atoms with Crippen LogP contribution in [-0.2, 0) is 13.0 Å². The standard InChI is InChI=1S/C15H19N5O/c1-19(2)4-3-11-7-17-14-6-15(21)12(5-13(11)14)8-20-10-16-9-18-20/h5-7,9-10,17,21H,3-4,8H2,1-2H3. The Morgan fingerprint density at radius 2 is 2.14 bits per heavy atom. The molecule has 6 heteroatoms. The van der Waals surface area contributed by atoms with Gasteiger partial charge in [0.25, 0.3) is 0 Å². The molecule has 0 fully saturated rings. The van der Waals surface area contributed by atoms with E-state index in [1.54, 1.807) is 17.1 Å². The van der Waals surface area contributed by atoms with Gasteiger partial charge in [-0.15, -0.1) is 0 Å². The molecule has 0 unspecified atom stereocenters. The summed E-state index contributed by atoms with van der Waals surface area (Å²) in [5, 5.41) is 15.4. The van der Waals surface area contributed by atoms with Crippen LogP contribution in [0.15, 0.2) is 31.0 Å². The fraction of sp³-hybridized carbons (Fsp3) is 0.333. The Kier molecular flexibility index (Phi) is 3.62. The van der Waals surface area contributed by atoms with Crippen molar-refractivity contribution < 1.29 is 5.11 Å². The van der Waals surface area contributed by atoms with Crippen LogP contribution in [0.5, 0.6) is 5.75 Å². The van der Waals surface area contributed by atoms with Crippen molar-refractivity contribution in [3.8, 4) is 5.75 Å². The van der Waals surface area contributed by atoms with E-state index >= 15 is 0 Å². The monoisotopic (exact) mass is 285 g/mol. The van der Waals surface area contributed by atoms with E-state index in [1.807, 2.05) is 12.3 Å². The van der Waals surface area contributed by atoms with E-state index in [1.165, 1.54) is 11.9 Å². The van der Waals surface area contributed by atoms with Crippen LogP contribution in [-0.4, -0.2) is 50.4 Å². The van der Waals surface area contributed by atoms with Crippen LogP contribution < -0.4 is 0 Å². The van der Waals surface area contributed by atoms with Gasteiger partial charge in [-0.25, -0.2) is 9.67 Å². The first-order valence-corrected chi connectivity index (χ1v) is 6.92. The van der Waals surface area contributed by atoms with Gasteiger partial charge in [-0.1, -0.05) is 0 Å². The Morgan fingerprint density at radius 1 is 1.29 bits per heavy atom. The predicted molar refractivity (Wildman–Crippen MR) is 81.3 cm³/mol. The predicted octanol–water partition coefficient (Wildman–Crippen LogP) is 1.62. The van der Waals surface area contributed by atoms with Gasteiger partial charge in [0.05, 0.1) is 6.54 Å². The number of likely N-dealkylation sites (N-methyl/N-ethyl adjacent to an activating group) is 1. The number of rotatable bonds is 5. The van der Waals surface area contributed by atoms with Gasteiger partial charge in [0.2, 0.25) is 0 Å². The van der Waals surface area contributed by atoms with Crippen LogP contribution in [0.2, 0.25) is 0 Å². The second-order valence-electron chi connectivity index (χ2n) is 5.49. The SMILES string of the molecule is CN(C)CCc1c[nH]c2cc(O)c(Cn3cncn3)cc12. The minimum absolute atomic E-state index is 0.277. The highest BCUT2D eigenvalue weighted by molar-refractivity contribution is 5.85. The lowest BCUT2D eigenvalue weighted by Crippen LogP contribution is -2.14. The van der Waals surface area contributed by atoms with Gasteiger partial charge in [0.1, 0.15) is 18.4 Å². The number of aromatic nitrogens is 4. The number of benzene rings is 1. The molecular formula is C15H19N5O. The van der Waals surface area contributed by atoms with Crippen LogP contribution in [0.1, 0.15) is 11.1 Å². The summed E-state index contributed by atoms with van der Waals surface area (Å²) in [4.78, 5) is 9.31. The molecule has 0 spiro atoms. The Hall–Kier alpha value is -2.34. The molecule has 0 aliphatic heterocycles. The molecule has 1 aromatic carbocycles. The van der Waals surface area contributed by atoms with Crippen molar-refractivity contribution in [3.63, 3.8) is 0 Å². The number of aromatic hydroxyl groups is 1. The second-order valence-corrected chi connectivity index (χ2v) is 5.49. The topological polar surface area (TPSA) is 70.0 Å². The van der Waals surface area contributed by atoms with Gasteiger partial charge in [0, 0.05) is 35.3 Å². The molecule has 0 radical (unpaired) electrons. The zero-order chi connectivity index (χ0) is 14.8. The molecule has 0 aliphatic rings. The molecule has 21 heavy (non-hydrogen) atoms. The van der Waals surface area contributed by atoms with E-state index in [2.05, 4.69) is 34.1 Å². The van der Waals surface area contributed by atoms with Crippen molar-refractivity contribution >= 4 is 10.9 Å². The van der Waals surface area contributed by atoms with Crippen molar-refractivity contribution in [2.75, 3.05) is 20.6 Å². The maximum Gasteiger partial charge on any atom is 0.137 e. The van der Waals surface area contributed by atoms with Crippen LogP contribution in [0.4, 0.5) is 0 Å². The number of fused-ring (bicyclic) bond motifs is 1. The maximum atomic E-state index is 10.1. The average molecular weight is 285 g/mol. The van der Waals surface area contributed by atoms with Gasteiger partial charge in [-0.3, -0.25) is 0 Å². The van der Waals surface area contributed by atoms with Gasteiger partial charge >= 0.3 is 0 Å². The molecule has 0 aliphatic carbocycles. The first kappa shape index (κ1) is 13.6. The quantitative estimate of drug-likeness (QED) is 0.747. The highest BCUT2D eigenvalue weighted by atomic mass is 16.3. The highest BCUT2D eigenvalue weighted by Crippen LogP contribution is 2.27. The largest absolute Gasteiger partial charge is 0.508 e. The van der Waals surface area contributed by atoms with Crippen LogP contribution in [0.25, 0.3) is 10.9 Å². The smallest absolute Gasteiger partial charge is 0.137 e. The first-order valence-electron chi connectivity index (χ1n) is 6.92. The van der Waals surface area contributed by atoms with E-state index in [-0.39, 0.29) is 5.75 Å². The van der Waals surface area contributed by atoms with E-state index in [0.717, 1.165) is 29.4 Å². The Labute approximate surface area is 123 Å². The maximum absolute atomic E-state index is 10.1. The lowest BCUT2D eigenvalue weighted by molar-refractivity contribution is 0.414. The lowest BCUT2D eigenvalue weighted by atomic mass is 10.1. The molecule has 0 saturated heterocycles. The number of nitrogens with zero attached hydrogens (tertiary/aromatic N) is 4. The third kappa shape index (κ3) is 2.90. The van der Waals surface area contributed by atoms with Gasteiger partial charge < -0.3 is 15.0 Å². The van der Waals surface area contributed by atoms with Crippen molar-refractivity contribution in [2.24, 2.45) is 0 Å². The molecule has 2 N–H and O–H groups in total. The summed E-state index contributed by atoms with van der Waals surface area (Å²) in [6.07, 6.45) is 6.13. The third-order valence-electron chi connectivity index (χ3n) is 3.59. The Morgan fingerprint density at radius 3 is 2.86 bits per heavy atom. The fourth-order valence-electron chi connectivity index (χ4n) is 2.43. The molecule has 2 heterocycles. The average Bonchev–Trinajstić information content (AvgIpc) is 3.07. The summed E-state index contributed by atoms with van der Waals surface area (Å²) < 4.78 is 1.70. The molecule has 6 nitrogen and oxygen atoms in total. The summed E-state index contributed by atoms with van der Waals surface area (Å²) in [7, 11) is 4.13. The highest BCUT2D eigenvalue weighted by Gasteiger charge is 2.10. The Balaban J connectivity index is 1.93. The first-order chi connectivity index (χ1) is 10.1. The number of hydrogen-bond acceptors (Lipinski definition) is 4. The van der Waals surface area contributed by atoms with Crippen LogP contribution in [0, 0.1) is 0 Å². The Bertz CT molecular complexity index is 730. The number of aromatic amines is 1. The summed E-state index contributed by atoms with van der Waals surface area (Å²) >= 11 is 0. The number of H-pyrrole nitrogens is 1. The van der Waals surface area contributed by atoms with Crippen molar-refractivity contribution in [1.82, 2.24) is 24.6 Å². The van der Waals surface area contributed by atoms with Crippen LogP contribution >= 0.6 is 0 Å². The zero-order valence-corrected chi connectivity index (χ0v) is 12.2. The second kappa shape index (κ2) is 5.57. The number of phenolic OH excluding ortho intramolecular Hbond substituents is 1. The summed E-state index contributed by atoms with van der Waals surface area (Å²) in [6.45, 7) is 1.51. The molecule has 2 aromatic heterocycles. The number of nitrogens with one attached hydrogen (secondary N) is 1. The summed E-state index contributed by atoms with van der Waals surface area (Å²) in [6, 6.07) is 3.81. The molecule has 110 valence electrons. The molecule has 0 saturated carbocycles. The normalized spacial score (nSPS) is 11.6. The molecule has 0 atom stereocenters. The van der Waals surface area contributed by atoms with E-state index in [9.17, 15) is 5.11 Å². The van der Waals surface area contributed by atoms with Gasteiger partial charge in [-0.2, -0.15) is 5.10 Å². The number of hydrogen-bond donors (Lipinski definition) is 2. The van der Waals surface area contributed by atoms with Gasteiger partial charge in [0.15, 0.2) is 0 Å². The fourth-order valence-corrected chi connectivity index (χ4v) is 2.43. The van der Waals surface area contributed by atoms with E-state index < -0.39 is 0 Å². The minimum Gasteiger partial charge on any atom is -0.508 e. The zero-order valence-electron chi connectivity index (χ0n) is 12.2.